The van der Waals surface area contributed by atoms with Gasteiger partial charge in [0.2, 0.25) is 0 Å². The number of halogens is 1. The summed E-state index contributed by atoms with van der Waals surface area (Å²) < 4.78 is 1.15. The van der Waals surface area contributed by atoms with Gasteiger partial charge < -0.3 is 5.32 Å². The topological polar surface area (TPSA) is 24.9 Å². The second-order valence-electron chi connectivity index (χ2n) is 4.33. The zero-order valence-electron chi connectivity index (χ0n) is 10.8. The average molecular weight is 325 g/mol. The van der Waals surface area contributed by atoms with Crippen molar-refractivity contribution in [1.82, 2.24) is 10.3 Å². The Morgan fingerprint density at radius 1 is 1.39 bits per heavy atom. The van der Waals surface area contributed by atoms with Crippen molar-refractivity contribution >= 4 is 27.3 Å². The number of aromatic nitrogens is 1. The molecular formula is C14H17BrN2S. The quantitative estimate of drug-likeness (QED) is 0.910. The van der Waals surface area contributed by atoms with Gasteiger partial charge in [0.1, 0.15) is 5.01 Å². The fourth-order valence-corrected chi connectivity index (χ4v) is 3.14. The Hall–Kier alpha value is -0.710. The van der Waals surface area contributed by atoms with Crippen molar-refractivity contribution in [2.75, 3.05) is 6.54 Å². The van der Waals surface area contributed by atoms with E-state index in [1.54, 1.807) is 11.3 Å². The highest BCUT2D eigenvalue weighted by Gasteiger charge is 2.16. The van der Waals surface area contributed by atoms with Crippen LogP contribution in [-0.2, 0) is 0 Å². The highest BCUT2D eigenvalue weighted by molar-refractivity contribution is 9.10. The van der Waals surface area contributed by atoms with Crippen LogP contribution in [0.4, 0.5) is 0 Å². The van der Waals surface area contributed by atoms with E-state index in [0.29, 0.717) is 0 Å². The van der Waals surface area contributed by atoms with Crippen LogP contribution in [0.1, 0.15) is 34.8 Å². The van der Waals surface area contributed by atoms with Crippen LogP contribution in [0, 0.1) is 13.8 Å². The average Bonchev–Trinajstić information content (AvgIpc) is 2.76. The largest absolute Gasteiger partial charge is 0.305 e. The van der Waals surface area contributed by atoms with Crippen LogP contribution in [0.5, 0.6) is 0 Å². The number of benzene rings is 1. The van der Waals surface area contributed by atoms with Gasteiger partial charge in [-0.25, -0.2) is 4.98 Å². The van der Waals surface area contributed by atoms with Gasteiger partial charge in [0.15, 0.2) is 0 Å². The highest BCUT2D eigenvalue weighted by Crippen LogP contribution is 2.28. The van der Waals surface area contributed by atoms with E-state index in [4.69, 9.17) is 0 Å². The van der Waals surface area contributed by atoms with E-state index in [0.717, 1.165) is 21.7 Å². The Bertz CT molecular complexity index is 536. The van der Waals surface area contributed by atoms with E-state index >= 15 is 0 Å². The Morgan fingerprint density at radius 2 is 2.17 bits per heavy atom. The lowest BCUT2D eigenvalue weighted by Gasteiger charge is -2.16. The van der Waals surface area contributed by atoms with Crippen molar-refractivity contribution < 1.29 is 0 Å². The van der Waals surface area contributed by atoms with Crippen LogP contribution in [0.3, 0.4) is 0 Å². The monoisotopic (exact) mass is 324 g/mol. The molecule has 2 rings (SSSR count). The number of hydrogen-bond acceptors (Lipinski definition) is 3. The number of aryl methyl sites for hydroxylation is 2. The highest BCUT2D eigenvalue weighted by atomic mass is 79.9. The first-order valence-electron chi connectivity index (χ1n) is 6.03. The maximum Gasteiger partial charge on any atom is 0.114 e. The van der Waals surface area contributed by atoms with Crippen LogP contribution in [0.15, 0.2) is 28.1 Å². The molecule has 1 aromatic heterocycles. The first-order chi connectivity index (χ1) is 8.61. The van der Waals surface area contributed by atoms with Gasteiger partial charge in [0.05, 0.1) is 6.04 Å². The summed E-state index contributed by atoms with van der Waals surface area (Å²) >= 11 is 5.31. The SMILES string of the molecule is CCNC(c1ccc(C)c(Br)c1)c1nc(C)cs1. The van der Waals surface area contributed by atoms with E-state index < -0.39 is 0 Å². The van der Waals surface area contributed by atoms with Crippen molar-refractivity contribution in [1.29, 1.82) is 0 Å². The molecule has 0 amide bonds. The van der Waals surface area contributed by atoms with Gasteiger partial charge in [-0.05, 0) is 37.6 Å². The molecule has 0 fully saturated rings. The van der Waals surface area contributed by atoms with Gasteiger partial charge in [-0.15, -0.1) is 11.3 Å². The Balaban J connectivity index is 2.37. The predicted molar refractivity (Wildman–Crippen MR) is 81.2 cm³/mol. The van der Waals surface area contributed by atoms with Crippen molar-refractivity contribution in [3.8, 4) is 0 Å². The second-order valence-corrected chi connectivity index (χ2v) is 6.07. The van der Waals surface area contributed by atoms with Gasteiger partial charge in [0.25, 0.3) is 0 Å². The smallest absolute Gasteiger partial charge is 0.114 e. The second kappa shape index (κ2) is 5.95. The fourth-order valence-electron chi connectivity index (χ4n) is 1.85. The molecule has 2 nitrogen and oxygen atoms in total. The molecule has 1 aromatic carbocycles. The number of nitrogens with zero attached hydrogens (tertiary/aromatic N) is 1. The molecule has 0 aliphatic rings. The van der Waals surface area contributed by atoms with Gasteiger partial charge in [-0.3, -0.25) is 0 Å². The van der Waals surface area contributed by atoms with E-state index in [1.165, 1.54) is 11.1 Å². The Labute approximate surface area is 121 Å². The van der Waals surface area contributed by atoms with E-state index in [-0.39, 0.29) is 6.04 Å². The lowest BCUT2D eigenvalue weighted by Crippen LogP contribution is -2.21. The molecule has 0 aliphatic carbocycles. The molecular weight excluding hydrogens is 308 g/mol. The number of nitrogens with one attached hydrogen (secondary N) is 1. The van der Waals surface area contributed by atoms with E-state index in [2.05, 4.69) is 63.7 Å². The third kappa shape index (κ3) is 2.99. The van der Waals surface area contributed by atoms with Crippen LogP contribution < -0.4 is 5.32 Å². The maximum absolute atomic E-state index is 4.60. The molecule has 0 spiro atoms. The minimum absolute atomic E-state index is 0.186. The summed E-state index contributed by atoms with van der Waals surface area (Å²) in [4.78, 5) is 4.60. The molecule has 18 heavy (non-hydrogen) atoms. The zero-order valence-corrected chi connectivity index (χ0v) is 13.2. The summed E-state index contributed by atoms with van der Waals surface area (Å²) in [6.07, 6.45) is 0. The van der Waals surface area contributed by atoms with Crippen molar-refractivity contribution in [2.45, 2.75) is 26.8 Å². The minimum atomic E-state index is 0.186. The third-order valence-electron chi connectivity index (χ3n) is 2.82. The molecule has 1 atom stereocenters. The maximum atomic E-state index is 4.60. The molecule has 1 N–H and O–H groups in total. The summed E-state index contributed by atoms with van der Waals surface area (Å²) in [6, 6.07) is 6.68. The number of hydrogen-bond donors (Lipinski definition) is 1. The first-order valence-corrected chi connectivity index (χ1v) is 7.70. The summed E-state index contributed by atoms with van der Waals surface area (Å²) in [5.41, 5.74) is 3.59. The van der Waals surface area contributed by atoms with Crippen molar-refractivity contribution in [3.05, 3.63) is 49.9 Å². The summed E-state index contributed by atoms with van der Waals surface area (Å²) in [5.74, 6) is 0. The van der Waals surface area contributed by atoms with Gasteiger partial charge in [0, 0.05) is 15.5 Å². The van der Waals surface area contributed by atoms with Gasteiger partial charge >= 0.3 is 0 Å². The van der Waals surface area contributed by atoms with Crippen molar-refractivity contribution in [3.63, 3.8) is 0 Å². The fraction of sp³-hybridized carbons (Fsp3) is 0.357. The van der Waals surface area contributed by atoms with E-state index in [9.17, 15) is 0 Å². The van der Waals surface area contributed by atoms with Gasteiger partial charge in [-0.1, -0.05) is 35.0 Å². The van der Waals surface area contributed by atoms with Gasteiger partial charge in [-0.2, -0.15) is 0 Å². The Kier molecular flexibility index (Phi) is 4.54. The van der Waals surface area contributed by atoms with Crippen LogP contribution >= 0.6 is 27.3 Å². The standard InChI is InChI=1S/C14H17BrN2S/c1-4-16-13(14-17-10(3)8-18-14)11-6-5-9(2)12(15)7-11/h5-8,13,16H,4H2,1-3H3. The molecule has 0 aliphatic heterocycles. The third-order valence-corrected chi connectivity index (χ3v) is 4.70. The molecule has 0 bridgehead atoms. The molecule has 2 aromatic rings. The zero-order chi connectivity index (χ0) is 13.1. The van der Waals surface area contributed by atoms with Crippen LogP contribution in [0.2, 0.25) is 0 Å². The van der Waals surface area contributed by atoms with Crippen LogP contribution in [0.25, 0.3) is 0 Å². The molecule has 96 valence electrons. The number of thiazole rings is 1. The van der Waals surface area contributed by atoms with Crippen LogP contribution in [-0.4, -0.2) is 11.5 Å². The molecule has 4 heteroatoms. The predicted octanol–water partition coefficient (Wildman–Crippen LogP) is 4.22. The lowest BCUT2D eigenvalue weighted by atomic mass is 10.1. The molecule has 1 heterocycles. The summed E-state index contributed by atoms with van der Waals surface area (Å²) in [5, 5.41) is 6.73. The molecule has 0 radical (unpaired) electrons. The summed E-state index contributed by atoms with van der Waals surface area (Å²) in [7, 11) is 0. The molecule has 0 saturated carbocycles. The number of rotatable bonds is 4. The first kappa shape index (κ1) is 13.7. The lowest BCUT2D eigenvalue weighted by molar-refractivity contribution is 0.626. The van der Waals surface area contributed by atoms with E-state index in [1.807, 2.05) is 6.92 Å². The minimum Gasteiger partial charge on any atom is -0.305 e. The molecule has 1 unspecified atom stereocenters. The normalized spacial score (nSPS) is 12.7. The Morgan fingerprint density at radius 3 is 2.72 bits per heavy atom. The van der Waals surface area contributed by atoms with Crippen molar-refractivity contribution in [2.24, 2.45) is 0 Å². The molecule has 0 saturated heterocycles. The summed E-state index contributed by atoms with van der Waals surface area (Å²) in [6.45, 7) is 7.18.